The molecule has 1 aromatic rings. The molecule has 1 fully saturated rings. The number of carbonyl (C=O) groups excluding carboxylic acids is 2. The third-order valence-corrected chi connectivity index (χ3v) is 4.57. The van der Waals surface area contributed by atoms with E-state index in [1.54, 1.807) is 17.0 Å². The van der Waals surface area contributed by atoms with Gasteiger partial charge in [-0.3, -0.25) is 9.59 Å². The van der Waals surface area contributed by atoms with Gasteiger partial charge in [-0.15, -0.1) is 12.4 Å². The number of benzene rings is 1. The Balaban J connectivity index is 0.00000338. The molecule has 0 aliphatic carbocycles. The molecule has 0 aromatic heterocycles. The highest BCUT2D eigenvalue weighted by atomic mass is 35.5. The van der Waals surface area contributed by atoms with Gasteiger partial charge >= 0.3 is 0 Å². The number of unbranched alkanes of at least 4 members (excludes halogenated alkanes) is 2. The van der Waals surface area contributed by atoms with Gasteiger partial charge in [0.1, 0.15) is 5.75 Å². The van der Waals surface area contributed by atoms with Crippen molar-refractivity contribution in [3.8, 4) is 5.75 Å². The zero-order valence-corrected chi connectivity index (χ0v) is 16.4. The molecule has 1 aliphatic rings. The number of piperidine rings is 1. The second-order valence-corrected chi connectivity index (χ2v) is 6.75. The molecule has 0 bridgehead atoms. The number of hydrogen-bond donors (Lipinski definition) is 1. The number of Topliss-reactive ketones (excluding diaryl/α,β-unsaturated/α-hetero) is 1. The summed E-state index contributed by atoms with van der Waals surface area (Å²) in [5, 5.41) is 0. The van der Waals surface area contributed by atoms with Crippen LogP contribution in [0.4, 0.5) is 0 Å². The quantitative estimate of drug-likeness (QED) is 0.523. The minimum Gasteiger partial charge on any atom is -0.494 e. The fraction of sp³-hybridized carbons (Fsp3) is 0.600. The number of hydrogen-bond acceptors (Lipinski definition) is 4. The number of nitrogens with two attached hydrogens (primary N) is 1. The maximum absolute atomic E-state index is 12.3. The predicted octanol–water partition coefficient (Wildman–Crippen LogP) is 3.59. The van der Waals surface area contributed by atoms with Gasteiger partial charge < -0.3 is 15.4 Å². The zero-order chi connectivity index (χ0) is 18.1. The van der Waals surface area contributed by atoms with Gasteiger partial charge in [-0.25, -0.2) is 0 Å². The number of ketones is 1. The van der Waals surface area contributed by atoms with Crippen molar-refractivity contribution in [1.29, 1.82) is 0 Å². The van der Waals surface area contributed by atoms with E-state index in [-0.39, 0.29) is 43.0 Å². The highest BCUT2D eigenvalue weighted by molar-refractivity contribution is 5.98. The SMILES string of the molecule is CCCCCOc1ccc(C(=O)CCC(=O)N2CCCC(N)C2)cc1.Cl. The molecule has 1 aromatic carbocycles. The molecular formula is C20H31ClN2O3. The van der Waals surface area contributed by atoms with E-state index in [0.29, 0.717) is 18.7 Å². The standard InChI is InChI=1S/C20H30N2O3.ClH/c1-2-3-4-14-25-18-9-7-16(8-10-18)19(23)11-12-20(24)22-13-5-6-17(21)15-22;/h7-10,17H,2-6,11-15,21H2,1H3;1H. The summed E-state index contributed by atoms with van der Waals surface area (Å²) in [5.41, 5.74) is 6.53. The Morgan fingerprint density at radius 3 is 2.58 bits per heavy atom. The second kappa shape index (κ2) is 11.9. The van der Waals surface area contributed by atoms with Crippen LogP contribution < -0.4 is 10.5 Å². The number of halogens is 1. The van der Waals surface area contributed by atoms with E-state index in [2.05, 4.69) is 6.92 Å². The van der Waals surface area contributed by atoms with E-state index >= 15 is 0 Å². The molecule has 1 unspecified atom stereocenters. The van der Waals surface area contributed by atoms with Crippen molar-refractivity contribution in [2.45, 2.75) is 57.9 Å². The number of nitrogens with zero attached hydrogens (tertiary/aromatic N) is 1. The minimum atomic E-state index is -0.00723. The van der Waals surface area contributed by atoms with Gasteiger partial charge in [-0.1, -0.05) is 19.8 Å². The number of ether oxygens (including phenoxy) is 1. The van der Waals surface area contributed by atoms with Crippen LogP contribution in [0.15, 0.2) is 24.3 Å². The fourth-order valence-electron chi connectivity index (χ4n) is 3.04. The van der Waals surface area contributed by atoms with Crippen molar-refractivity contribution >= 4 is 24.1 Å². The summed E-state index contributed by atoms with van der Waals surface area (Å²) < 4.78 is 5.65. The van der Waals surface area contributed by atoms with Crippen molar-refractivity contribution in [1.82, 2.24) is 4.90 Å². The molecule has 0 radical (unpaired) electrons. The smallest absolute Gasteiger partial charge is 0.223 e. The van der Waals surface area contributed by atoms with Crippen LogP contribution in [0.3, 0.4) is 0 Å². The number of likely N-dealkylation sites (tertiary alicyclic amines) is 1. The van der Waals surface area contributed by atoms with E-state index in [9.17, 15) is 9.59 Å². The first-order valence-corrected chi connectivity index (χ1v) is 9.39. The monoisotopic (exact) mass is 382 g/mol. The largest absolute Gasteiger partial charge is 0.494 e. The molecule has 6 heteroatoms. The van der Waals surface area contributed by atoms with E-state index in [1.807, 2.05) is 12.1 Å². The van der Waals surface area contributed by atoms with Crippen molar-refractivity contribution in [3.63, 3.8) is 0 Å². The second-order valence-electron chi connectivity index (χ2n) is 6.75. The van der Waals surface area contributed by atoms with E-state index in [0.717, 1.165) is 38.0 Å². The Bertz CT molecular complexity index is 563. The lowest BCUT2D eigenvalue weighted by Gasteiger charge is -2.30. The minimum absolute atomic E-state index is 0. The molecule has 0 spiro atoms. The fourth-order valence-corrected chi connectivity index (χ4v) is 3.04. The third-order valence-electron chi connectivity index (χ3n) is 4.57. The number of amides is 1. The summed E-state index contributed by atoms with van der Waals surface area (Å²) in [7, 11) is 0. The molecular weight excluding hydrogens is 352 g/mol. The number of rotatable bonds is 9. The van der Waals surface area contributed by atoms with Crippen LogP contribution in [0, 0.1) is 0 Å². The van der Waals surface area contributed by atoms with Gasteiger partial charge in [0.15, 0.2) is 5.78 Å². The molecule has 1 saturated heterocycles. The lowest BCUT2D eigenvalue weighted by atomic mass is 10.0. The van der Waals surface area contributed by atoms with Crippen molar-refractivity contribution in [3.05, 3.63) is 29.8 Å². The lowest BCUT2D eigenvalue weighted by molar-refractivity contribution is -0.132. The molecule has 1 heterocycles. The van der Waals surface area contributed by atoms with Crippen LogP contribution in [-0.2, 0) is 4.79 Å². The Labute approximate surface area is 162 Å². The third kappa shape index (κ3) is 7.34. The molecule has 0 saturated carbocycles. The molecule has 2 rings (SSSR count). The first-order chi connectivity index (χ1) is 12.1. The van der Waals surface area contributed by atoms with Crippen molar-refractivity contribution < 1.29 is 14.3 Å². The summed E-state index contributed by atoms with van der Waals surface area (Å²) in [6.45, 7) is 4.22. The van der Waals surface area contributed by atoms with Gasteiger partial charge in [-0.2, -0.15) is 0 Å². The summed E-state index contributed by atoms with van der Waals surface area (Å²) >= 11 is 0. The van der Waals surface area contributed by atoms with Crippen LogP contribution in [0.25, 0.3) is 0 Å². The van der Waals surface area contributed by atoms with Gasteiger partial charge in [0.2, 0.25) is 5.91 Å². The van der Waals surface area contributed by atoms with Crippen LogP contribution in [0.2, 0.25) is 0 Å². The molecule has 1 amide bonds. The molecule has 26 heavy (non-hydrogen) atoms. The average Bonchev–Trinajstić information content (AvgIpc) is 2.63. The first kappa shape index (κ1) is 22.5. The molecule has 1 atom stereocenters. The van der Waals surface area contributed by atoms with Crippen LogP contribution in [0.1, 0.15) is 62.2 Å². The van der Waals surface area contributed by atoms with Gasteiger partial charge in [0, 0.05) is 37.5 Å². The van der Waals surface area contributed by atoms with Crippen LogP contribution >= 0.6 is 12.4 Å². The molecule has 2 N–H and O–H groups in total. The van der Waals surface area contributed by atoms with Crippen LogP contribution in [-0.4, -0.2) is 42.3 Å². The lowest BCUT2D eigenvalue weighted by Crippen LogP contribution is -2.45. The van der Waals surface area contributed by atoms with E-state index in [1.165, 1.54) is 6.42 Å². The maximum atomic E-state index is 12.3. The first-order valence-electron chi connectivity index (χ1n) is 9.39. The zero-order valence-electron chi connectivity index (χ0n) is 15.6. The Morgan fingerprint density at radius 1 is 1.19 bits per heavy atom. The average molecular weight is 383 g/mol. The summed E-state index contributed by atoms with van der Waals surface area (Å²) in [4.78, 5) is 26.3. The Morgan fingerprint density at radius 2 is 1.92 bits per heavy atom. The molecule has 146 valence electrons. The van der Waals surface area contributed by atoms with Gasteiger partial charge in [0.25, 0.3) is 0 Å². The molecule has 5 nitrogen and oxygen atoms in total. The summed E-state index contributed by atoms with van der Waals surface area (Å²) in [5.74, 6) is 0.803. The Kier molecular flexibility index (Phi) is 10.3. The van der Waals surface area contributed by atoms with Gasteiger partial charge in [0.05, 0.1) is 6.61 Å². The van der Waals surface area contributed by atoms with Crippen molar-refractivity contribution in [2.75, 3.05) is 19.7 Å². The topological polar surface area (TPSA) is 72.6 Å². The summed E-state index contributed by atoms with van der Waals surface area (Å²) in [6.07, 6.45) is 5.77. The summed E-state index contributed by atoms with van der Waals surface area (Å²) in [6, 6.07) is 7.27. The molecule has 1 aliphatic heterocycles. The predicted molar refractivity (Wildman–Crippen MR) is 106 cm³/mol. The van der Waals surface area contributed by atoms with E-state index < -0.39 is 0 Å². The van der Waals surface area contributed by atoms with Gasteiger partial charge in [-0.05, 0) is 43.5 Å². The Hall–Kier alpha value is -1.59. The van der Waals surface area contributed by atoms with Crippen molar-refractivity contribution in [2.24, 2.45) is 5.73 Å². The number of carbonyl (C=O) groups is 2. The van der Waals surface area contributed by atoms with E-state index in [4.69, 9.17) is 10.5 Å². The highest BCUT2D eigenvalue weighted by Gasteiger charge is 2.21. The normalized spacial score (nSPS) is 16.7. The van der Waals surface area contributed by atoms with Crippen LogP contribution in [0.5, 0.6) is 5.75 Å². The maximum Gasteiger partial charge on any atom is 0.223 e. The highest BCUT2D eigenvalue weighted by Crippen LogP contribution is 2.16.